The third-order valence-electron chi connectivity index (χ3n) is 1.03. The predicted octanol–water partition coefficient (Wildman–Crippen LogP) is 1.98. The summed E-state index contributed by atoms with van der Waals surface area (Å²) in [6.45, 7) is 1.42. The van der Waals surface area contributed by atoms with Crippen LogP contribution >= 0.6 is 23.4 Å². The highest BCUT2D eigenvalue weighted by atomic mass is 35.5. The summed E-state index contributed by atoms with van der Waals surface area (Å²) >= 11 is 5.19. The largest absolute Gasteiger partial charge is 0.441 e. The van der Waals surface area contributed by atoms with E-state index in [1.54, 1.807) is 0 Å². The zero-order valence-corrected chi connectivity index (χ0v) is 8.39. The summed E-state index contributed by atoms with van der Waals surface area (Å²) in [6.07, 6.45) is 0. The van der Waals surface area contributed by atoms with E-state index in [9.17, 15) is 18.0 Å². The van der Waals surface area contributed by atoms with Crippen LogP contribution in [0.5, 0.6) is 0 Å². The molecule has 0 aliphatic rings. The molecule has 0 heterocycles. The summed E-state index contributed by atoms with van der Waals surface area (Å²) in [6, 6.07) is 0. The van der Waals surface area contributed by atoms with Gasteiger partial charge in [-0.05, 0) is 18.7 Å². The Morgan fingerprint density at radius 1 is 1.62 bits per heavy atom. The van der Waals surface area contributed by atoms with Gasteiger partial charge in [0.05, 0.1) is 0 Å². The van der Waals surface area contributed by atoms with Gasteiger partial charge in [-0.3, -0.25) is 4.79 Å². The number of hydrogen-bond donors (Lipinski definition) is 1. The summed E-state index contributed by atoms with van der Waals surface area (Å²) in [7, 11) is 0. The van der Waals surface area contributed by atoms with Crippen molar-refractivity contribution in [3.05, 3.63) is 0 Å². The highest BCUT2D eigenvalue weighted by Crippen LogP contribution is 2.29. The Balaban J connectivity index is 3.42. The van der Waals surface area contributed by atoms with Crippen molar-refractivity contribution in [2.45, 2.75) is 17.8 Å². The van der Waals surface area contributed by atoms with Crippen LogP contribution in [0.25, 0.3) is 0 Å². The molecule has 1 unspecified atom stereocenters. The Kier molecular flexibility index (Phi) is 5.55. The molecule has 13 heavy (non-hydrogen) atoms. The maximum absolute atomic E-state index is 11.6. The van der Waals surface area contributed by atoms with E-state index < -0.39 is 16.8 Å². The van der Waals surface area contributed by atoms with Gasteiger partial charge in [-0.15, -0.1) is 11.6 Å². The predicted molar refractivity (Wildman–Crippen MR) is 46.8 cm³/mol. The standard InChI is InChI=1S/C6H9ClF3NOS/c1-4(7)5(12)11-2-3-13-6(8,9)10/h4H,2-3H2,1H3,(H,11,12). The van der Waals surface area contributed by atoms with E-state index in [-0.39, 0.29) is 24.1 Å². The molecule has 2 nitrogen and oxygen atoms in total. The number of hydrogen-bond acceptors (Lipinski definition) is 2. The molecule has 0 aliphatic heterocycles. The van der Waals surface area contributed by atoms with Crippen LogP contribution in [0.4, 0.5) is 13.2 Å². The van der Waals surface area contributed by atoms with Gasteiger partial charge < -0.3 is 5.32 Å². The third-order valence-corrected chi connectivity index (χ3v) is 1.96. The van der Waals surface area contributed by atoms with Crippen LogP contribution in [0.3, 0.4) is 0 Å². The minimum absolute atomic E-state index is 0.0277. The van der Waals surface area contributed by atoms with Crippen LogP contribution in [-0.2, 0) is 4.79 Å². The maximum Gasteiger partial charge on any atom is 0.441 e. The maximum atomic E-state index is 11.6. The first-order valence-electron chi connectivity index (χ1n) is 3.45. The van der Waals surface area contributed by atoms with Crippen LogP contribution in [-0.4, -0.2) is 29.1 Å². The number of alkyl halides is 4. The van der Waals surface area contributed by atoms with Crippen molar-refractivity contribution in [3.8, 4) is 0 Å². The van der Waals surface area contributed by atoms with Crippen LogP contribution in [0.2, 0.25) is 0 Å². The van der Waals surface area contributed by atoms with Crippen molar-refractivity contribution >= 4 is 29.3 Å². The second-order valence-electron chi connectivity index (χ2n) is 2.20. The molecule has 1 amide bonds. The van der Waals surface area contributed by atoms with Gasteiger partial charge in [0.25, 0.3) is 0 Å². The molecule has 0 saturated carbocycles. The lowest BCUT2D eigenvalue weighted by Crippen LogP contribution is -2.31. The highest BCUT2D eigenvalue weighted by Gasteiger charge is 2.27. The molecular formula is C6H9ClF3NOS. The van der Waals surface area contributed by atoms with Crippen molar-refractivity contribution in [2.75, 3.05) is 12.3 Å². The molecule has 0 aromatic rings. The Morgan fingerprint density at radius 2 is 2.15 bits per heavy atom. The van der Waals surface area contributed by atoms with Crippen LogP contribution in [0.1, 0.15) is 6.92 Å². The Hall–Kier alpha value is -0.100. The fourth-order valence-electron chi connectivity index (χ4n) is 0.482. The Labute approximate surface area is 83.2 Å². The van der Waals surface area contributed by atoms with E-state index in [1.165, 1.54) is 6.92 Å². The van der Waals surface area contributed by atoms with Crippen molar-refractivity contribution in [1.29, 1.82) is 0 Å². The lowest BCUT2D eigenvalue weighted by atomic mass is 10.4. The van der Waals surface area contributed by atoms with Gasteiger partial charge in [-0.25, -0.2) is 0 Å². The minimum atomic E-state index is -4.24. The number of carbonyl (C=O) groups excluding carboxylic acids is 1. The normalized spacial score (nSPS) is 13.9. The molecule has 0 fully saturated rings. The van der Waals surface area contributed by atoms with E-state index in [2.05, 4.69) is 5.32 Å². The number of nitrogens with one attached hydrogen (secondary N) is 1. The summed E-state index contributed by atoms with van der Waals surface area (Å²) in [4.78, 5) is 10.7. The zero-order valence-electron chi connectivity index (χ0n) is 6.82. The first-order chi connectivity index (χ1) is 5.83. The quantitative estimate of drug-likeness (QED) is 0.596. The van der Waals surface area contributed by atoms with Crippen LogP contribution in [0.15, 0.2) is 0 Å². The molecule has 0 radical (unpaired) electrons. The van der Waals surface area contributed by atoms with Gasteiger partial charge >= 0.3 is 5.51 Å². The fraction of sp³-hybridized carbons (Fsp3) is 0.833. The molecule has 1 atom stereocenters. The van der Waals surface area contributed by atoms with Crippen LogP contribution < -0.4 is 5.32 Å². The molecule has 0 aliphatic carbocycles. The van der Waals surface area contributed by atoms with Crippen molar-refractivity contribution in [3.63, 3.8) is 0 Å². The summed E-state index contributed by atoms with van der Waals surface area (Å²) < 4.78 is 34.7. The molecule has 7 heteroatoms. The first-order valence-corrected chi connectivity index (χ1v) is 4.87. The number of amides is 1. The second-order valence-corrected chi connectivity index (χ2v) is 4.02. The van der Waals surface area contributed by atoms with Crippen LogP contribution in [0, 0.1) is 0 Å². The minimum Gasteiger partial charge on any atom is -0.354 e. The lowest BCUT2D eigenvalue weighted by molar-refractivity contribution is -0.120. The average molecular weight is 236 g/mol. The third kappa shape index (κ3) is 8.24. The molecule has 0 saturated heterocycles. The summed E-state index contributed by atoms with van der Waals surface area (Å²) in [5.74, 6) is -0.650. The Morgan fingerprint density at radius 3 is 2.54 bits per heavy atom. The van der Waals surface area contributed by atoms with E-state index in [0.29, 0.717) is 0 Å². The van der Waals surface area contributed by atoms with E-state index >= 15 is 0 Å². The fourth-order valence-corrected chi connectivity index (χ4v) is 0.994. The van der Waals surface area contributed by atoms with E-state index in [1.807, 2.05) is 0 Å². The molecule has 0 spiro atoms. The smallest absolute Gasteiger partial charge is 0.354 e. The molecule has 0 bridgehead atoms. The lowest BCUT2D eigenvalue weighted by Gasteiger charge is -2.07. The van der Waals surface area contributed by atoms with Gasteiger partial charge in [-0.1, -0.05) is 0 Å². The van der Waals surface area contributed by atoms with E-state index in [4.69, 9.17) is 11.6 Å². The second kappa shape index (κ2) is 5.59. The van der Waals surface area contributed by atoms with Gasteiger partial charge in [0.2, 0.25) is 5.91 Å². The topological polar surface area (TPSA) is 29.1 Å². The summed E-state index contributed by atoms with van der Waals surface area (Å²) in [5.41, 5.74) is -4.24. The number of rotatable bonds is 4. The molecule has 0 aromatic carbocycles. The van der Waals surface area contributed by atoms with Gasteiger partial charge in [0.1, 0.15) is 5.38 Å². The molecule has 0 aromatic heterocycles. The average Bonchev–Trinajstić information content (AvgIpc) is 1.95. The van der Waals surface area contributed by atoms with Crippen molar-refractivity contribution < 1.29 is 18.0 Å². The summed E-state index contributed by atoms with van der Waals surface area (Å²) in [5, 5.41) is 1.55. The number of thioether (sulfide) groups is 1. The molecule has 1 N–H and O–H groups in total. The zero-order chi connectivity index (χ0) is 10.5. The van der Waals surface area contributed by atoms with Gasteiger partial charge in [-0.2, -0.15) is 13.2 Å². The van der Waals surface area contributed by atoms with E-state index in [0.717, 1.165) is 0 Å². The number of halogens is 4. The first kappa shape index (κ1) is 12.9. The number of carbonyl (C=O) groups is 1. The van der Waals surface area contributed by atoms with Crippen molar-refractivity contribution in [2.24, 2.45) is 0 Å². The monoisotopic (exact) mass is 235 g/mol. The highest BCUT2D eigenvalue weighted by molar-refractivity contribution is 8.00. The molecule has 0 rings (SSSR count). The Bertz CT molecular complexity index is 174. The molecule has 78 valence electrons. The molecular weight excluding hydrogens is 227 g/mol. The van der Waals surface area contributed by atoms with Crippen molar-refractivity contribution in [1.82, 2.24) is 5.32 Å². The SMILES string of the molecule is CC(Cl)C(=O)NCCSC(F)(F)F. The van der Waals surface area contributed by atoms with Gasteiger partial charge in [0, 0.05) is 12.3 Å². The van der Waals surface area contributed by atoms with Gasteiger partial charge in [0.15, 0.2) is 0 Å².